The van der Waals surface area contributed by atoms with Gasteiger partial charge in [0.1, 0.15) is 5.75 Å². The van der Waals surface area contributed by atoms with Crippen LogP contribution in [-0.2, 0) is 13.0 Å². The van der Waals surface area contributed by atoms with E-state index in [4.69, 9.17) is 4.74 Å². The number of methoxy groups -OCH3 is 1. The lowest BCUT2D eigenvalue weighted by atomic mass is 10.2. The van der Waals surface area contributed by atoms with E-state index >= 15 is 0 Å². The van der Waals surface area contributed by atoms with E-state index in [1.165, 1.54) is 4.88 Å². The Balaban J connectivity index is 0.00000288. The molecule has 5 nitrogen and oxygen atoms in total. The molecule has 0 spiro atoms. The zero-order valence-corrected chi connectivity index (χ0v) is 17.7. The maximum atomic E-state index is 5.41. The SMILES string of the molecule is CN=C(NCCc1ncc(C)s1)N(C)Cc1ccccc1OC.I. The van der Waals surface area contributed by atoms with Crippen LogP contribution in [0.25, 0.3) is 0 Å². The first kappa shape index (κ1) is 20.7. The van der Waals surface area contributed by atoms with Crippen molar-refractivity contribution in [3.8, 4) is 5.75 Å². The number of aliphatic imine (C=N–C) groups is 1. The van der Waals surface area contributed by atoms with E-state index in [0.717, 1.165) is 41.8 Å². The number of nitrogens with zero attached hydrogens (tertiary/aromatic N) is 3. The number of benzene rings is 1. The van der Waals surface area contributed by atoms with Crippen LogP contribution in [0.3, 0.4) is 0 Å². The van der Waals surface area contributed by atoms with Crippen molar-refractivity contribution in [3.63, 3.8) is 0 Å². The molecule has 1 aromatic carbocycles. The molecule has 0 atom stereocenters. The molecular formula is C17H25IN4OS. The summed E-state index contributed by atoms with van der Waals surface area (Å²) in [6, 6.07) is 8.04. The van der Waals surface area contributed by atoms with Crippen molar-refractivity contribution in [2.75, 3.05) is 27.7 Å². The van der Waals surface area contributed by atoms with Crippen molar-refractivity contribution in [2.45, 2.75) is 19.9 Å². The monoisotopic (exact) mass is 460 g/mol. The summed E-state index contributed by atoms with van der Waals surface area (Å²) in [4.78, 5) is 12.1. The molecule has 0 aliphatic rings. The molecular weight excluding hydrogens is 435 g/mol. The molecule has 1 heterocycles. The number of hydrogen-bond donors (Lipinski definition) is 1. The van der Waals surface area contributed by atoms with Gasteiger partial charge in [0.2, 0.25) is 0 Å². The van der Waals surface area contributed by atoms with Crippen LogP contribution in [0.5, 0.6) is 5.75 Å². The molecule has 7 heteroatoms. The topological polar surface area (TPSA) is 49.8 Å². The molecule has 0 bridgehead atoms. The molecule has 0 saturated heterocycles. The van der Waals surface area contributed by atoms with E-state index < -0.39 is 0 Å². The number of guanidine groups is 1. The molecule has 1 N–H and O–H groups in total. The van der Waals surface area contributed by atoms with Crippen molar-refractivity contribution >= 4 is 41.3 Å². The van der Waals surface area contributed by atoms with Gasteiger partial charge in [0.25, 0.3) is 0 Å². The summed E-state index contributed by atoms with van der Waals surface area (Å²) >= 11 is 1.74. The standard InChI is InChI=1S/C17H24N4OS.HI/c1-13-11-20-16(23-13)9-10-19-17(18-2)21(3)12-14-7-5-6-8-15(14)22-4;/h5-8,11H,9-10,12H2,1-4H3,(H,18,19);1H. The number of thiazole rings is 1. The van der Waals surface area contributed by atoms with Crippen LogP contribution in [0.4, 0.5) is 0 Å². The summed E-state index contributed by atoms with van der Waals surface area (Å²) in [7, 11) is 5.52. The van der Waals surface area contributed by atoms with Crippen molar-refractivity contribution in [2.24, 2.45) is 4.99 Å². The van der Waals surface area contributed by atoms with Gasteiger partial charge in [0.05, 0.1) is 12.1 Å². The highest BCUT2D eigenvalue weighted by molar-refractivity contribution is 14.0. The lowest BCUT2D eigenvalue weighted by molar-refractivity contribution is 0.396. The van der Waals surface area contributed by atoms with Gasteiger partial charge in [-0.3, -0.25) is 4.99 Å². The number of aromatic nitrogens is 1. The van der Waals surface area contributed by atoms with Gasteiger partial charge in [-0.2, -0.15) is 0 Å². The highest BCUT2D eigenvalue weighted by Crippen LogP contribution is 2.18. The van der Waals surface area contributed by atoms with Crippen LogP contribution in [0, 0.1) is 6.92 Å². The zero-order chi connectivity index (χ0) is 16.7. The molecule has 0 radical (unpaired) electrons. The van der Waals surface area contributed by atoms with Crippen molar-refractivity contribution in [1.82, 2.24) is 15.2 Å². The Morgan fingerprint density at radius 2 is 2.12 bits per heavy atom. The molecule has 2 aromatic rings. The van der Waals surface area contributed by atoms with Crippen LogP contribution in [0.2, 0.25) is 0 Å². The van der Waals surface area contributed by atoms with Crippen LogP contribution >= 0.6 is 35.3 Å². The minimum Gasteiger partial charge on any atom is -0.496 e. The fraction of sp³-hybridized carbons (Fsp3) is 0.412. The lowest BCUT2D eigenvalue weighted by Crippen LogP contribution is -2.39. The van der Waals surface area contributed by atoms with Gasteiger partial charge in [-0.05, 0) is 13.0 Å². The fourth-order valence-electron chi connectivity index (χ4n) is 2.35. The molecule has 1 aromatic heterocycles. The number of halogens is 1. The highest BCUT2D eigenvalue weighted by atomic mass is 127. The molecule has 0 amide bonds. The maximum absolute atomic E-state index is 5.41. The first-order valence-electron chi connectivity index (χ1n) is 7.59. The highest BCUT2D eigenvalue weighted by Gasteiger charge is 2.09. The largest absolute Gasteiger partial charge is 0.496 e. The normalized spacial score (nSPS) is 10.9. The Labute approximate surface area is 165 Å². The quantitative estimate of drug-likeness (QED) is 0.408. The minimum absolute atomic E-state index is 0. The van der Waals surface area contributed by atoms with Gasteiger partial charge in [0.15, 0.2) is 5.96 Å². The van der Waals surface area contributed by atoms with E-state index in [9.17, 15) is 0 Å². The number of hydrogen-bond acceptors (Lipinski definition) is 4. The molecule has 0 fully saturated rings. The van der Waals surface area contributed by atoms with Gasteiger partial charge >= 0.3 is 0 Å². The van der Waals surface area contributed by atoms with Crippen molar-refractivity contribution in [3.05, 3.63) is 45.9 Å². The van der Waals surface area contributed by atoms with E-state index in [1.54, 1.807) is 25.5 Å². The fourth-order valence-corrected chi connectivity index (χ4v) is 3.13. The van der Waals surface area contributed by atoms with Crippen molar-refractivity contribution < 1.29 is 4.74 Å². The van der Waals surface area contributed by atoms with E-state index in [-0.39, 0.29) is 24.0 Å². The molecule has 132 valence electrons. The summed E-state index contributed by atoms with van der Waals surface area (Å²) < 4.78 is 5.41. The Morgan fingerprint density at radius 1 is 1.38 bits per heavy atom. The first-order chi connectivity index (χ1) is 11.1. The lowest BCUT2D eigenvalue weighted by Gasteiger charge is -2.23. The minimum atomic E-state index is 0. The molecule has 24 heavy (non-hydrogen) atoms. The summed E-state index contributed by atoms with van der Waals surface area (Å²) in [5.41, 5.74) is 1.14. The summed E-state index contributed by atoms with van der Waals surface area (Å²) in [5.74, 6) is 1.76. The number of rotatable bonds is 6. The number of para-hydroxylation sites is 1. The summed E-state index contributed by atoms with van der Waals surface area (Å²) in [6.07, 6.45) is 2.82. The second-order valence-electron chi connectivity index (χ2n) is 5.26. The van der Waals surface area contributed by atoms with E-state index in [2.05, 4.69) is 33.2 Å². The van der Waals surface area contributed by atoms with E-state index in [1.807, 2.05) is 31.4 Å². The van der Waals surface area contributed by atoms with Gasteiger partial charge in [0, 0.05) is 50.2 Å². The average Bonchev–Trinajstić information content (AvgIpc) is 2.97. The Kier molecular flexibility index (Phi) is 9.05. The van der Waals surface area contributed by atoms with Crippen LogP contribution < -0.4 is 10.1 Å². The van der Waals surface area contributed by atoms with Gasteiger partial charge in [-0.15, -0.1) is 35.3 Å². The third-order valence-corrected chi connectivity index (χ3v) is 4.44. The molecule has 0 aliphatic heterocycles. The molecule has 0 unspecified atom stereocenters. The Hall–Kier alpha value is -1.35. The predicted octanol–water partition coefficient (Wildman–Crippen LogP) is 3.33. The average molecular weight is 460 g/mol. The third kappa shape index (κ3) is 5.94. The first-order valence-corrected chi connectivity index (χ1v) is 8.40. The Morgan fingerprint density at radius 3 is 2.75 bits per heavy atom. The summed E-state index contributed by atoms with van der Waals surface area (Å²) in [5, 5.41) is 4.54. The van der Waals surface area contributed by atoms with Crippen LogP contribution in [0.1, 0.15) is 15.4 Å². The van der Waals surface area contributed by atoms with Gasteiger partial charge in [-0.25, -0.2) is 4.98 Å². The number of aryl methyl sites for hydroxylation is 1. The number of ether oxygens (including phenoxy) is 1. The number of nitrogens with one attached hydrogen (secondary N) is 1. The smallest absolute Gasteiger partial charge is 0.193 e. The van der Waals surface area contributed by atoms with Gasteiger partial charge < -0.3 is 15.0 Å². The van der Waals surface area contributed by atoms with Crippen LogP contribution in [0.15, 0.2) is 35.5 Å². The predicted molar refractivity (Wildman–Crippen MR) is 112 cm³/mol. The zero-order valence-electron chi connectivity index (χ0n) is 14.6. The van der Waals surface area contributed by atoms with Crippen molar-refractivity contribution in [1.29, 1.82) is 0 Å². The maximum Gasteiger partial charge on any atom is 0.193 e. The second kappa shape index (κ2) is 10.5. The molecule has 0 saturated carbocycles. The van der Waals surface area contributed by atoms with E-state index in [0.29, 0.717) is 0 Å². The second-order valence-corrected chi connectivity index (χ2v) is 6.58. The third-order valence-electron chi connectivity index (χ3n) is 3.46. The Bertz CT molecular complexity index is 660. The summed E-state index contributed by atoms with van der Waals surface area (Å²) in [6.45, 7) is 3.63. The molecule has 0 aliphatic carbocycles. The van der Waals surface area contributed by atoms with Crippen LogP contribution in [-0.4, -0.2) is 43.6 Å². The molecule has 2 rings (SSSR count). The van der Waals surface area contributed by atoms with Gasteiger partial charge in [-0.1, -0.05) is 18.2 Å².